The Balaban J connectivity index is 1.42. The number of hydrogen-bond acceptors (Lipinski definition) is 2. The van der Waals surface area contributed by atoms with E-state index in [-0.39, 0.29) is 0 Å². The summed E-state index contributed by atoms with van der Waals surface area (Å²) < 4.78 is 28.8. The van der Waals surface area contributed by atoms with Crippen molar-refractivity contribution in [2.45, 2.75) is 6.92 Å². The maximum Gasteiger partial charge on any atom is 0.220 e. The van der Waals surface area contributed by atoms with Crippen LogP contribution in [0, 0.1) is 6.92 Å². The molecule has 7 rings (SSSR count). The van der Waals surface area contributed by atoms with E-state index >= 15 is 0 Å². The van der Waals surface area contributed by atoms with Crippen LogP contribution in [0.4, 0.5) is 11.4 Å². The van der Waals surface area contributed by atoms with Gasteiger partial charge in [0.2, 0.25) is 5.78 Å². The molecule has 7 aromatic rings. The minimum Gasteiger partial charge on any atom is -0.335 e. The van der Waals surface area contributed by atoms with Crippen LogP contribution >= 0.6 is 0 Å². The number of aliphatic imine (C=N–C) groups is 1. The van der Waals surface area contributed by atoms with E-state index < -0.39 is 6.98 Å². The van der Waals surface area contributed by atoms with Crippen molar-refractivity contribution < 1.29 is 4.11 Å². The van der Waals surface area contributed by atoms with E-state index in [9.17, 15) is 0 Å². The van der Waals surface area contributed by atoms with Crippen molar-refractivity contribution >= 4 is 45.6 Å². The van der Waals surface area contributed by atoms with Crippen molar-refractivity contribution in [1.29, 1.82) is 0 Å². The van der Waals surface area contributed by atoms with Gasteiger partial charge in [-0.3, -0.25) is 8.97 Å². The average Bonchev–Trinajstić information content (AvgIpc) is 3.53. The van der Waals surface area contributed by atoms with E-state index in [1.165, 1.54) is 11.2 Å². The SMILES string of the molecule is [2H]C([2H])([2H])N(C=Nc1cccc2c1nc1n(-c3cccc(-c4ccccc4)c3)c3ccccc3n21)c1ccccc1C. The zero-order chi connectivity index (χ0) is 28.8. The molecule has 2 heterocycles. The van der Waals surface area contributed by atoms with Crippen LogP contribution in [-0.2, 0) is 0 Å². The van der Waals surface area contributed by atoms with E-state index in [1.54, 1.807) is 6.07 Å². The number of anilines is 1. The molecule has 0 saturated carbocycles. The van der Waals surface area contributed by atoms with Crippen molar-refractivity contribution in [1.82, 2.24) is 14.0 Å². The van der Waals surface area contributed by atoms with Crippen molar-refractivity contribution in [3.63, 3.8) is 0 Å². The van der Waals surface area contributed by atoms with Gasteiger partial charge in [0.15, 0.2) is 0 Å². The van der Waals surface area contributed by atoms with Gasteiger partial charge in [-0.2, -0.15) is 0 Å². The van der Waals surface area contributed by atoms with Gasteiger partial charge in [-0.1, -0.05) is 78.9 Å². The third-order valence-corrected chi connectivity index (χ3v) is 7.11. The normalized spacial score (nSPS) is 13.2. The second-order valence-electron chi connectivity index (χ2n) is 9.53. The van der Waals surface area contributed by atoms with Crippen molar-refractivity contribution in [2.75, 3.05) is 11.9 Å². The van der Waals surface area contributed by atoms with Crippen LogP contribution in [0.15, 0.2) is 126 Å². The molecule has 0 bridgehead atoms. The van der Waals surface area contributed by atoms with E-state index in [2.05, 4.69) is 62.5 Å². The zero-order valence-electron chi connectivity index (χ0n) is 24.4. The van der Waals surface area contributed by atoms with E-state index in [4.69, 9.17) is 9.10 Å². The van der Waals surface area contributed by atoms with E-state index in [1.807, 2.05) is 73.7 Å². The quantitative estimate of drug-likeness (QED) is 0.174. The molecule has 0 radical (unpaired) electrons. The summed E-state index contributed by atoms with van der Waals surface area (Å²) >= 11 is 0. The Morgan fingerprint density at radius 2 is 1.46 bits per heavy atom. The number of imidazole rings is 2. The molecule has 2 aromatic heterocycles. The molecular formula is C34H27N5. The summed E-state index contributed by atoms with van der Waals surface area (Å²) in [5.41, 5.74) is 8.92. The highest BCUT2D eigenvalue weighted by atomic mass is 15.2. The summed E-state index contributed by atoms with van der Waals surface area (Å²) in [6.07, 6.45) is 1.39. The van der Waals surface area contributed by atoms with Crippen molar-refractivity contribution in [2.24, 2.45) is 4.99 Å². The molecule has 0 saturated heterocycles. The number of aryl methyl sites for hydroxylation is 1. The summed E-state index contributed by atoms with van der Waals surface area (Å²) in [5, 5.41) is 0. The van der Waals surface area contributed by atoms with Crippen molar-refractivity contribution in [3.8, 4) is 16.8 Å². The number of fused-ring (bicyclic) bond motifs is 5. The molecule has 0 aliphatic carbocycles. The Labute approximate surface area is 231 Å². The fourth-order valence-corrected chi connectivity index (χ4v) is 5.24. The van der Waals surface area contributed by atoms with Gasteiger partial charge in [-0.15, -0.1) is 0 Å². The molecule has 0 aliphatic rings. The monoisotopic (exact) mass is 508 g/mol. The lowest BCUT2D eigenvalue weighted by atomic mass is 10.1. The topological polar surface area (TPSA) is 37.8 Å². The zero-order valence-corrected chi connectivity index (χ0v) is 21.4. The van der Waals surface area contributed by atoms with Crippen LogP contribution < -0.4 is 4.90 Å². The molecule has 0 atom stereocenters. The lowest BCUT2D eigenvalue weighted by molar-refractivity contribution is 1.11. The van der Waals surface area contributed by atoms with Crippen molar-refractivity contribution in [3.05, 3.63) is 127 Å². The largest absolute Gasteiger partial charge is 0.335 e. The minimum atomic E-state index is -2.40. The van der Waals surface area contributed by atoms with Gasteiger partial charge >= 0.3 is 0 Å². The second kappa shape index (κ2) is 9.30. The third kappa shape index (κ3) is 3.87. The molecule has 0 N–H and O–H groups in total. The van der Waals surface area contributed by atoms with Crippen LogP contribution in [0.5, 0.6) is 0 Å². The molecule has 5 nitrogen and oxygen atoms in total. The maximum absolute atomic E-state index is 8.15. The third-order valence-electron chi connectivity index (χ3n) is 7.11. The first kappa shape index (κ1) is 19.9. The molecule has 5 aromatic carbocycles. The van der Waals surface area contributed by atoms with Gasteiger partial charge < -0.3 is 4.90 Å². The summed E-state index contributed by atoms with van der Waals surface area (Å²) in [7, 11) is 0. The molecule has 0 spiro atoms. The molecule has 0 unspecified atom stereocenters. The van der Waals surface area contributed by atoms with Gasteiger partial charge in [-0.05, 0) is 66.1 Å². The standard InChI is InChI=1S/C34H27N5/c1-24-12-6-7-18-29(24)37(2)23-35-28-17-11-21-32-33(28)36-34-38(30-19-8-9-20-31(30)39(32)34)27-16-10-15-26(22-27)25-13-4-3-5-14-25/h3-23H,1-2H3/i2D3. The molecular weight excluding hydrogens is 478 g/mol. The van der Waals surface area contributed by atoms with Crippen LogP contribution in [0.2, 0.25) is 0 Å². The van der Waals surface area contributed by atoms with E-state index in [0.29, 0.717) is 16.9 Å². The van der Waals surface area contributed by atoms with Gasteiger partial charge in [0.25, 0.3) is 0 Å². The summed E-state index contributed by atoms with van der Waals surface area (Å²) in [6, 6.07) is 40.2. The molecule has 0 amide bonds. The Bertz CT molecular complexity index is 2110. The highest BCUT2D eigenvalue weighted by Crippen LogP contribution is 2.34. The van der Waals surface area contributed by atoms with Gasteiger partial charge in [0.05, 0.1) is 28.6 Å². The molecule has 0 aliphatic heterocycles. The van der Waals surface area contributed by atoms with Crippen LogP contribution in [0.1, 0.15) is 9.68 Å². The highest BCUT2D eigenvalue weighted by molar-refractivity contribution is 5.97. The van der Waals surface area contributed by atoms with Crippen LogP contribution in [-0.4, -0.2) is 27.3 Å². The number of rotatable bonds is 5. The number of benzene rings is 5. The first-order valence-electron chi connectivity index (χ1n) is 14.4. The molecule has 5 heteroatoms. The molecule has 0 fully saturated rings. The van der Waals surface area contributed by atoms with Crippen LogP contribution in [0.3, 0.4) is 0 Å². The number of hydrogen-bond donors (Lipinski definition) is 0. The summed E-state index contributed by atoms with van der Waals surface area (Å²) in [5.74, 6) is 0.755. The van der Waals surface area contributed by atoms with Crippen LogP contribution in [0.25, 0.3) is 44.7 Å². The Hall–Kier alpha value is -5.16. The first-order chi connectivity index (χ1) is 20.4. The molecule has 188 valence electrons. The second-order valence-corrected chi connectivity index (χ2v) is 9.53. The summed E-state index contributed by atoms with van der Waals surface area (Å²) in [6.45, 7) is -0.514. The van der Waals surface area contributed by atoms with Gasteiger partial charge in [0.1, 0.15) is 5.52 Å². The molecule has 39 heavy (non-hydrogen) atoms. The van der Waals surface area contributed by atoms with Gasteiger partial charge in [0, 0.05) is 22.5 Å². The predicted molar refractivity (Wildman–Crippen MR) is 163 cm³/mol. The predicted octanol–water partition coefficient (Wildman–Crippen LogP) is 8.20. The fraction of sp³-hybridized carbons (Fsp3) is 0.0588. The summed E-state index contributed by atoms with van der Waals surface area (Å²) in [4.78, 5) is 11.0. The van der Waals surface area contributed by atoms with E-state index in [0.717, 1.165) is 44.7 Å². The van der Waals surface area contributed by atoms with Gasteiger partial charge in [-0.25, -0.2) is 9.98 Å². The number of para-hydroxylation sites is 4. The number of nitrogens with zero attached hydrogens (tertiary/aromatic N) is 5. The fourth-order valence-electron chi connectivity index (χ4n) is 5.24. The lowest BCUT2D eigenvalue weighted by Gasteiger charge is -2.15. The number of aromatic nitrogens is 3. The maximum atomic E-state index is 8.15. The first-order valence-corrected chi connectivity index (χ1v) is 12.9. The highest BCUT2D eigenvalue weighted by Gasteiger charge is 2.18. The Kier molecular flexibility index (Phi) is 4.74. The minimum absolute atomic E-state index is 0.583. The lowest BCUT2D eigenvalue weighted by Crippen LogP contribution is -2.14. The Morgan fingerprint density at radius 3 is 2.31 bits per heavy atom. The smallest absolute Gasteiger partial charge is 0.220 e. The Morgan fingerprint density at radius 1 is 0.744 bits per heavy atom. The average molecular weight is 509 g/mol.